The van der Waals surface area contributed by atoms with E-state index in [1.165, 1.54) is 0 Å². The lowest BCUT2D eigenvalue weighted by Gasteiger charge is -2.37. The molecule has 3 heterocycles. The van der Waals surface area contributed by atoms with Crippen LogP contribution in [0, 0.1) is 6.92 Å². The fourth-order valence-electron chi connectivity index (χ4n) is 4.04. The highest BCUT2D eigenvalue weighted by Gasteiger charge is 2.37. The van der Waals surface area contributed by atoms with Crippen molar-refractivity contribution in [2.45, 2.75) is 38.5 Å². The maximum atomic E-state index is 12.9. The molecule has 2 aliphatic rings. The summed E-state index contributed by atoms with van der Waals surface area (Å²) < 4.78 is 7.68. The molecular formula is C19H24N4O3. The van der Waals surface area contributed by atoms with Gasteiger partial charge in [0.2, 0.25) is 11.8 Å². The van der Waals surface area contributed by atoms with Crippen LogP contribution in [0.2, 0.25) is 0 Å². The summed E-state index contributed by atoms with van der Waals surface area (Å²) in [6.07, 6.45) is 1.53. The Morgan fingerprint density at radius 3 is 2.88 bits per heavy atom. The summed E-state index contributed by atoms with van der Waals surface area (Å²) in [5.41, 5.74) is 1.89. The maximum Gasteiger partial charge on any atom is 0.248 e. The second-order valence-electron chi connectivity index (χ2n) is 7.11. The first-order valence-corrected chi connectivity index (χ1v) is 9.11. The van der Waals surface area contributed by atoms with Gasteiger partial charge in [-0.15, -0.1) is 0 Å². The van der Waals surface area contributed by atoms with Crippen molar-refractivity contribution in [3.63, 3.8) is 0 Å². The Bertz CT molecular complexity index is 846. The molecule has 0 radical (unpaired) electrons. The highest BCUT2D eigenvalue weighted by atomic mass is 16.5. The van der Waals surface area contributed by atoms with Crippen LogP contribution < -0.4 is 0 Å². The minimum absolute atomic E-state index is 0.0197. The largest absolute Gasteiger partial charge is 0.366 e. The Hall–Kier alpha value is -2.41. The van der Waals surface area contributed by atoms with Crippen LogP contribution in [-0.4, -0.2) is 70.1 Å². The molecule has 2 fully saturated rings. The number of aromatic nitrogens is 2. The molecule has 2 saturated heterocycles. The summed E-state index contributed by atoms with van der Waals surface area (Å²) in [6.45, 7) is 3.67. The first kappa shape index (κ1) is 17.0. The molecule has 0 aliphatic carbocycles. The number of hydrogen-bond donors (Lipinski definition) is 0. The van der Waals surface area contributed by atoms with Gasteiger partial charge in [-0.2, -0.15) is 0 Å². The summed E-state index contributed by atoms with van der Waals surface area (Å²) in [7, 11) is 1.83. The van der Waals surface area contributed by atoms with Crippen molar-refractivity contribution >= 4 is 22.8 Å². The van der Waals surface area contributed by atoms with Gasteiger partial charge in [0.15, 0.2) is 0 Å². The normalized spacial score (nSPS) is 23.8. The second-order valence-corrected chi connectivity index (χ2v) is 7.11. The summed E-state index contributed by atoms with van der Waals surface area (Å²) >= 11 is 0. The number of para-hydroxylation sites is 2. The van der Waals surface area contributed by atoms with Gasteiger partial charge in [0, 0.05) is 20.1 Å². The van der Waals surface area contributed by atoms with E-state index in [0.29, 0.717) is 13.1 Å². The van der Waals surface area contributed by atoms with Crippen LogP contribution in [0.1, 0.15) is 18.7 Å². The van der Waals surface area contributed by atoms with Gasteiger partial charge in [0.05, 0.1) is 23.2 Å². The standard InChI is InChI=1S/C19H24N4O3/c1-13-20-14-5-3-4-6-15(14)23(13)11-18(24)22-9-7-16-17(8-10-22)26-12-19(25)21(16)2/h3-6,16-17H,7-12H2,1-2H3/t16-,17-/m0/s1. The number of fused-ring (bicyclic) bond motifs is 2. The predicted octanol–water partition coefficient (Wildman–Crippen LogP) is 1.19. The number of benzene rings is 1. The van der Waals surface area contributed by atoms with Crippen LogP contribution in [-0.2, 0) is 20.9 Å². The molecule has 2 atom stereocenters. The van der Waals surface area contributed by atoms with E-state index in [4.69, 9.17) is 4.74 Å². The number of amides is 2. The molecule has 0 spiro atoms. The highest BCUT2D eigenvalue weighted by molar-refractivity contribution is 5.81. The van der Waals surface area contributed by atoms with Crippen molar-refractivity contribution in [3.05, 3.63) is 30.1 Å². The summed E-state index contributed by atoms with van der Waals surface area (Å²) in [5.74, 6) is 0.951. The van der Waals surface area contributed by atoms with E-state index < -0.39 is 0 Å². The van der Waals surface area contributed by atoms with Crippen molar-refractivity contribution in [3.8, 4) is 0 Å². The Labute approximate surface area is 152 Å². The molecule has 7 nitrogen and oxygen atoms in total. The third-order valence-electron chi connectivity index (χ3n) is 5.61. The van der Waals surface area contributed by atoms with Crippen LogP contribution in [0.15, 0.2) is 24.3 Å². The molecule has 7 heteroatoms. The molecule has 2 aromatic rings. The first-order chi connectivity index (χ1) is 12.5. The SMILES string of the molecule is Cc1nc2ccccc2n1CC(=O)N1CC[C@@H]2OCC(=O)N(C)[C@H]2CC1. The minimum Gasteiger partial charge on any atom is -0.366 e. The van der Waals surface area contributed by atoms with E-state index in [0.717, 1.165) is 29.7 Å². The van der Waals surface area contributed by atoms with Gasteiger partial charge in [-0.1, -0.05) is 12.1 Å². The number of carbonyl (C=O) groups excluding carboxylic acids is 2. The lowest BCUT2D eigenvalue weighted by molar-refractivity contribution is -0.154. The average Bonchev–Trinajstić information content (AvgIpc) is 2.81. The number of carbonyl (C=O) groups is 2. The summed E-state index contributed by atoms with van der Waals surface area (Å²) in [4.78, 5) is 33.0. The lowest BCUT2D eigenvalue weighted by Crippen LogP contribution is -2.52. The summed E-state index contributed by atoms with van der Waals surface area (Å²) in [5, 5.41) is 0. The molecule has 138 valence electrons. The van der Waals surface area contributed by atoms with E-state index in [-0.39, 0.29) is 37.1 Å². The van der Waals surface area contributed by atoms with Crippen molar-refractivity contribution in [1.29, 1.82) is 0 Å². The van der Waals surface area contributed by atoms with Crippen LogP contribution in [0.4, 0.5) is 0 Å². The number of nitrogens with zero attached hydrogens (tertiary/aromatic N) is 4. The number of morpholine rings is 1. The quantitative estimate of drug-likeness (QED) is 0.811. The lowest BCUT2D eigenvalue weighted by atomic mass is 10.0. The van der Waals surface area contributed by atoms with Gasteiger partial charge in [-0.3, -0.25) is 9.59 Å². The Morgan fingerprint density at radius 1 is 1.27 bits per heavy atom. The smallest absolute Gasteiger partial charge is 0.248 e. The minimum atomic E-state index is 0.0197. The molecule has 0 N–H and O–H groups in total. The first-order valence-electron chi connectivity index (χ1n) is 9.11. The Balaban J connectivity index is 1.48. The fraction of sp³-hybridized carbons (Fsp3) is 0.526. The third kappa shape index (κ3) is 2.96. The summed E-state index contributed by atoms with van der Waals surface area (Å²) in [6, 6.07) is 7.93. The number of ether oxygens (including phenoxy) is 1. The van der Waals surface area contributed by atoms with Crippen molar-refractivity contribution < 1.29 is 14.3 Å². The zero-order valence-electron chi connectivity index (χ0n) is 15.2. The predicted molar refractivity (Wildman–Crippen MR) is 96.6 cm³/mol. The Morgan fingerprint density at radius 2 is 2.04 bits per heavy atom. The van der Waals surface area contributed by atoms with Gasteiger partial charge in [-0.25, -0.2) is 4.98 Å². The molecule has 0 bridgehead atoms. The fourth-order valence-corrected chi connectivity index (χ4v) is 4.04. The number of likely N-dealkylation sites (tertiary alicyclic amines) is 1. The zero-order valence-corrected chi connectivity index (χ0v) is 15.2. The van der Waals surface area contributed by atoms with Crippen LogP contribution in [0.5, 0.6) is 0 Å². The number of hydrogen-bond acceptors (Lipinski definition) is 4. The molecular weight excluding hydrogens is 332 g/mol. The average molecular weight is 356 g/mol. The van der Waals surface area contributed by atoms with Gasteiger partial charge < -0.3 is 19.1 Å². The van der Waals surface area contributed by atoms with E-state index in [2.05, 4.69) is 4.98 Å². The van der Waals surface area contributed by atoms with E-state index in [9.17, 15) is 9.59 Å². The van der Waals surface area contributed by atoms with Gasteiger partial charge >= 0.3 is 0 Å². The molecule has 4 rings (SSSR count). The Kier molecular flexibility index (Phi) is 4.40. The molecule has 26 heavy (non-hydrogen) atoms. The molecule has 2 aliphatic heterocycles. The van der Waals surface area contributed by atoms with E-state index in [1.54, 1.807) is 4.90 Å². The molecule has 1 aromatic heterocycles. The van der Waals surface area contributed by atoms with Gasteiger partial charge in [0.25, 0.3) is 0 Å². The van der Waals surface area contributed by atoms with E-state index in [1.807, 2.05) is 47.7 Å². The number of aryl methyl sites for hydroxylation is 1. The number of imidazole rings is 1. The maximum absolute atomic E-state index is 12.9. The molecule has 0 unspecified atom stereocenters. The van der Waals surface area contributed by atoms with Gasteiger partial charge in [-0.05, 0) is 31.9 Å². The van der Waals surface area contributed by atoms with Crippen LogP contribution >= 0.6 is 0 Å². The highest BCUT2D eigenvalue weighted by Crippen LogP contribution is 2.24. The third-order valence-corrected chi connectivity index (χ3v) is 5.61. The molecule has 2 amide bonds. The van der Waals surface area contributed by atoms with E-state index >= 15 is 0 Å². The van der Waals surface area contributed by atoms with Gasteiger partial charge in [0.1, 0.15) is 19.0 Å². The van der Waals surface area contributed by atoms with Crippen molar-refractivity contribution in [1.82, 2.24) is 19.4 Å². The zero-order chi connectivity index (χ0) is 18.3. The number of rotatable bonds is 2. The van der Waals surface area contributed by atoms with Crippen LogP contribution in [0.3, 0.4) is 0 Å². The van der Waals surface area contributed by atoms with Crippen molar-refractivity contribution in [2.24, 2.45) is 0 Å². The van der Waals surface area contributed by atoms with Crippen LogP contribution in [0.25, 0.3) is 11.0 Å². The van der Waals surface area contributed by atoms with Crippen molar-refractivity contribution in [2.75, 3.05) is 26.7 Å². The molecule has 1 aromatic carbocycles. The topological polar surface area (TPSA) is 67.7 Å². The second kappa shape index (κ2) is 6.72. The monoisotopic (exact) mass is 356 g/mol. The number of likely N-dealkylation sites (N-methyl/N-ethyl adjacent to an activating group) is 1. The molecule has 0 saturated carbocycles.